The van der Waals surface area contributed by atoms with E-state index in [-0.39, 0.29) is 24.5 Å². The van der Waals surface area contributed by atoms with E-state index in [4.69, 9.17) is 13.9 Å². The number of aromatic nitrogens is 3. The van der Waals surface area contributed by atoms with Gasteiger partial charge in [-0.3, -0.25) is 9.36 Å². The van der Waals surface area contributed by atoms with E-state index < -0.39 is 0 Å². The minimum Gasteiger partial charge on any atom is -0.461 e. The highest BCUT2D eigenvalue weighted by Crippen LogP contribution is 2.53. The molecule has 3 aromatic rings. The molecule has 3 aliphatic rings. The van der Waals surface area contributed by atoms with E-state index in [1.54, 1.807) is 18.4 Å². The number of hydrogen-bond acceptors (Lipinski definition) is 7. The third kappa shape index (κ3) is 3.88. The zero-order valence-electron chi connectivity index (χ0n) is 18.4. The van der Waals surface area contributed by atoms with Crippen molar-refractivity contribution in [3.05, 3.63) is 36.6 Å². The Morgan fingerprint density at radius 1 is 1.21 bits per heavy atom. The van der Waals surface area contributed by atoms with Crippen molar-refractivity contribution in [2.45, 2.75) is 43.8 Å². The molecule has 1 amide bonds. The van der Waals surface area contributed by atoms with Gasteiger partial charge in [0.05, 0.1) is 12.0 Å². The molecule has 2 saturated carbocycles. The summed E-state index contributed by atoms with van der Waals surface area (Å²) in [4.78, 5) is 12.7. The van der Waals surface area contributed by atoms with E-state index in [1.807, 2.05) is 18.2 Å². The number of ether oxygens (including phenoxy) is 2. The Morgan fingerprint density at radius 3 is 2.91 bits per heavy atom. The molecule has 2 aliphatic carbocycles. The minimum atomic E-state index is -0.111. The molecule has 2 bridgehead atoms. The van der Waals surface area contributed by atoms with Crippen LogP contribution in [0.15, 0.2) is 46.2 Å². The molecule has 4 atom stereocenters. The van der Waals surface area contributed by atoms with Crippen LogP contribution in [0.25, 0.3) is 11.6 Å². The number of carbonyl (C=O) groups excluding carboxylic acids is 1. The maximum atomic E-state index is 12.7. The molecule has 9 heteroatoms. The van der Waals surface area contributed by atoms with E-state index in [2.05, 4.69) is 27.0 Å². The molecule has 1 N–H and O–H groups in total. The predicted molar refractivity (Wildman–Crippen MR) is 123 cm³/mol. The first-order valence-electron chi connectivity index (χ1n) is 11.5. The monoisotopic (exact) mass is 466 g/mol. The average molecular weight is 467 g/mol. The lowest BCUT2D eigenvalue weighted by atomic mass is 9.84. The molecule has 0 radical (unpaired) electrons. The molecule has 8 nitrogen and oxygen atoms in total. The summed E-state index contributed by atoms with van der Waals surface area (Å²) >= 11 is 1.40. The first kappa shape index (κ1) is 20.7. The van der Waals surface area contributed by atoms with Gasteiger partial charge in [-0.15, -0.1) is 10.2 Å². The van der Waals surface area contributed by atoms with Crippen LogP contribution >= 0.6 is 11.8 Å². The Kier molecular flexibility index (Phi) is 5.28. The lowest BCUT2D eigenvalue weighted by Gasteiger charge is -2.30. The summed E-state index contributed by atoms with van der Waals surface area (Å²) in [6.07, 6.45) is 6.94. The molecule has 1 aromatic carbocycles. The summed E-state index contributed by atoms with van der Waals surface area (Å²) < 4.78 is 18.6. The van der Waals surface area contributed by atoms with Crippen LogP contribution in [0.3, 0.4) is 0 Å². The van der Waals surface area contributed by atoms with E-state index in [9.17, 15) is 4.79 Å². The summed E-state index contributed by atoms with van der Waals surface area (Å²) in [6, 6.07) is 9.41. The van der Waals surface area contributed by atoms with E-state index in [1.165, 1.54) is 37.4 Å². The molecule has 1 aliphatic heterocycles. The number of anilines is 1. The SMILES string of the molecule is C[C@H]([C@H]1C[C@H]2CC[C@H]1C2)n1c(SCC(=O)Nc2ccc3c(c2)OCO3)nnc1-c1ccco1. The first-order valence-corrected chi connectivity index (χ1v) is 12.5. The van der Waals surface area contributed by atoms with Crippen molar-refractivity contribution in [2.75, 3.05) is 17.9 Å². The smallest absolute Gasteiger partial charge is 0.234 e. The van der Waals surface area contributed by atoms with Gasteiger partial charge in [0, 0.05) is 17.8 Å². The number of rotatable bonds is 7. The number of nitrogens with one attached hydrogen (secondary N) is 1. The molecular weight excluding hydrogens is 440 g/mol. The van der Waals surface area contributed by atoms with Crippen LogP contribution in [0.2, 0.25) is 0 Å². The molecule has 172 valence electrons. The van der Waals surface area contributed by atoms with Crippen molar-refractivity contribution in [3.8, 4) is 23.1 Å². The Bertz CT molecular complexity index is 1160. The van der Waals surface area contributed by atoms with Gasteiger partial charge in [0.1, 0.15) is 0 Å². The predicted octanol–water partition coefficient (Wildman–Crippen LogP) is 4.99. The summed E-state index contributed by atoms with van der Waals surface area (Å²) in [6.45, 7) is 2.47. The van der Waals surface area contributed by atoms with E-state index in [0.29, 0.717) is 28.9 Å². The Balaban J connectivity index is 1.19. The van der Waals surface area contributed by atoms with Crippen molar-refractivity contribution < 1.29 is 18.7 Å². The van der Waals surface area contributed by atoms with Gasteiger partial charge in [-0.2, -0.15) is 0 Å². The van der Waals surface area contributed by atoms with Crippen molar-refractivity contribution >= 4 is 23.4 Å². The fourth-order valence-corrected chi connectivity index (χ4v) is 6.52. The standard InChI is InChI=1S/C24H26N4O4S/c1-14(18-10-15-4-5-16(18)9-15)28-23(20-3-2-8-30-20)26-27-24(28)33-12-22(29)25-17-6-7-19-21(11-17)32-13-31-19/h2-3,6-8,11,14-16,18H,4-5,9-10,12-13H2,1H3,(H,25,29)/t14-,15+,16+,18-/m1/s1. The molecule has 6 rings (SSSR count). The van der Waals surface area contributed by atoms with Crippen LogP contribution in [-0.4, -0.2) is 33.2 Å². The topological polar surface area (TPSA) is 91.4 Å². The summed E-state index contributed by atoms with van der Waals surface area (Å²) in [5.74, 6) is 5.12. The highest BCUT2D eigenvalue weighted by Gasteiger charge is 2.43. The number of benzene rings is 1. The van der Waals surface area contributed by atoms with Crippen LogP contribution in [0.4, 0.5) is 5.69 Å². The molecule has 0 saturated heterocycles. The Hall–Kier alpha value is -2.94. The summed E-state index contributed by atoms with van der Waals surface area (Å²) in [7, 11) is 0. The first-order chi connectivity index (χ1) is 16.2. The second-order valence-electron chi connectivity index (χ2n) is 9.14. The van der Waals surface area contributed by atoms with Gasteiger partial charge in [0.2, 0.25) is 18.5 Å². The van der Waals surface area contributed by atoms with Gasteiger partial charge < -0.3 is 19.2 Å². The van der Waals surface area contributed by atoms with Crippen LogP contribution in [-0.2, 0) is 4.79 Å². The third-order valence-corrected chi connectivity index (χ3v) is 8.16. The molecular formula is C24H26N4O4S. The van der Waals surface area contributed by atoms with Gasteiger partial charge >= 0.3 is 0 Å². The lowest BCUT2D eigenvalue weighted by Crippen LogP contribution is -2.23. The van der Waals surface area contributed by atoms with Crippen LogP contribution in [0, 0.1) is 17.8 Å². The zero-order valence-corrected chi connectivity index (χ0v) is 19.2. The van der Waals surface area contributed by atoms with Gasteiger partial charge in [-0.1, -0.05) is 18.2 Å². The molecule has 2 fully saturated rings. The summed E-state index contributed by atoms with van der Waals surface area (Å²) in [5.41, 5.74) is 0.679. The normalized spacial score (nSPS) is 23.7. The fourth-order valence-electron chi connectivity index (χ4n) is 5.69. The van der Waals surface area contributed by atoms with Crippen LogP contribution < -0.4 is 14.8 Å². The maximum absolute atomic E-state index is 12.7. The number of thioether (sulfide) groups is 1. The maximum Gasteiger partial charge on any atom is 0.234 e. The van der Waals surface area contributed by atoms with Crippen molar-refractivity contribution in [3.63, 3.8) is 0 Å². The van der Waals surface area contributed by atoms with Crippen molar-refractivity contribution in [1.82, 2.24) is 14.8 Å². The number of hydrogen-bond donors (Lipinski definition) is 1. The van der Waals surface area contributed by atoms with Gasteiger partial charge in [-0.05, 0) is 68.2 Å². The molecule has 3 heterocycles. The quantitative estimate of drug-likeness (QED) is 0.490. The van der Waals surface area contributed by atoms with Crippen molar-refractivity contribution in [1.29, 1.82) is 0 Å². The third-order valence-electron chi connectivity index (χ3n) is 7.21. The Morgan fingerprint density at radius 2 is 2.12 bits per heavy atom. The minimum absolute atomic E-state index is 0.111. The van der Waals surface area contributed by atoms with E-state index >= 15 is 0 Å². The molecule has 0 spiro atoms. The van der Waals surface area contributed by atoms with Crippen molar-refractivity contribution in [2.24, 2.45) is 17.8 Å². The van der Waals surface area contributed by atoms with Crippen LogP contribution in [0.1, 0.15) is 38.6 Å². The highest BCUT2D eigenvalue weighted by atomic mass is 32.2. The van der Waals surface area contributed by atoms with Gasteiger partial charge in [-0.25, -0.2) is 0 Å². The lowest BCUT2D eigenvalue weighted by molar-refractivity contribution is -0.113. The molecule has 2 aromatic heterocycles. The second kappa shape index (κ2) is 8.44. The molecule has 0 unspecified atom stereocenters. The number of carbonyl (C=O) groups is 1. The number of amides is 1. The van der Waals surface area contributed by atoms with E-state index in [0.717, 1.165) is 22.8 Å². The molecule has 33 heavy (non-hydrogen) atoms. The van der Waals surface area contributed by atoms with Gasteiger partial charge in [0.25, 0.3) is 0 Å². The number of nitrogens with zero attached hydrogens (tertiary/aromatic N) is 3. The Labute approximate surface area is 196 Å². The number of furan rings is 1. The largest absolute Gasteiger partial charge is 0.461 e. The highest BCUT2D eigenvalue weighted by molar-refractivity contribution is 7.99. The summed E-state index contributed by atoms with van der Waals surface area (Å²) in [5, 5.41) is 12.6. The fraction of sp³-hybridized carbons (Fsp3) is 0.458. The second-order valence-corrected chi connectivity index (χ2v) is 10.1. The van der Waals surface area contributed by atoms with Crippen LogP contribution in [0.5, 0.6) is 11.5 Å². The number of fused-ring (bicyclic) bond motifs is 3. The average Bonchev–Trinajstić information content (AvgIpc) is 3.64. The van der Waals surface area contributed by atoms with Gasteiger partial charge in [0.15, 0.2) is 22.4 Å². The zero-order chi connectivity index (χ0) is 22.4.